The first-order valence-electron chi connectivity index (χ1n) is 14.3. The Morgan fingerprint density at radius 3 is 1.83 bits per heavy atom. The fourth-order valence-electron chi connectivity index (χ4n) is 5.93. The molecule has 1 aromatic heterocycles. The molecule has 42 heavy (non-hydrogen) atoms. The van der Waals surface area contributed by atoms with Crippen molar-refractivity contribution in [2.24, 2.45) is 0 Å². The van der Waals surface area contributed by atoms with Gasteiger partial charge in [0.25, 0.3) is 0 Å². The van der Waals surface area contributed by atoms with Crippen molar-refractivity contribution in [2.75, 3.05) is 4.90 Å². The van der Waals surface area contributed by atoms with Gasteiger partial charge in [-0.05, 0) is 87.6 Å². The SMILES string of the molecule is c1ccc(-c2ccc(N(c3cccc(-c4ccc5ccccc5c4)c3)c3ccc4oc5ccccc5c4c3)cc2)cc1. The topological polar surface area (TPSA) is 16.4 Å². The molecule has 0 N–H and O–H groups in total. The molecular weight excluding hydrogens is 510 g/mol. The van der Waals surface area contributed by atoms with Gasteiger partial charge in [0, 0.05) is 27.8 Å². The van der Waals surface area contributed by atoms with Crippen LogP contribution in [0.25, 0.3) is 55.0 Å². The number of para-hydroxylation sites is 1. The molecule has 8 rings (SSSR count). The smallest absolute Gasteiger partial charge is 0.135 e. The van der Waals surface area contributed by atoms with Crippen LogP contribution in [0.15, 0.2) is 168 Å². The van der Waals surface area contributed by atoms with Crippen molar-refractivity contribution in [3.05, 3.63) is 164 Å². The summed E-state index contributed by atoms with van der Waals surface area (Å²) >= 11 is 0. The van der Waals surface area contributed by atoms with Crippen LogP contribution in [0.2, 0.25) is 0 Å². The van der Waals surface area contributed by atoms with E-state index in [9.17, 15) is 0 Å². The molecule has 0 bridgehead atoms. The van der Waals surface area contributed by atoms with E-state index in [-0.39, 0.29) is 0 Å². The second-order valence-electron chi connectivity index (χ2n) is 10.6. The molecule has 0 aliphatic heterocycles. The number of furan rings is 1. The highest BCUT2D eigenvalue weighted by Gasteiger charge is 2.16. The summed E-state index contributed by atoms with van der Waals surface area (Å²) < 4.78 is 6.16. The fourth-order valence-corrected chi connectivity index (χ4v) is 5.93. The highest BCUT2D eigenvalue weighted by Crippen LogP contribution is 2.40. The number of rotatable bonds is 5. The normalized spacial score (nSPS) is 11.3. The first-order chi connectivity index (χ1) is 20.8. The van der Waals surface area contributed by atoms with Crippen molar-refractivity contribution < 1.29 is 4.42 Å². The maximum absolute atomic E-state index is 6.16. The van der Waals surface area contributed by atoms with E-state index in [1.807, 2.05) is 12.1 Å². The zero-order valence-corrected chi connectivity index (χ0v) is 22.9. The van der Waals surface area contributed by atoms with Gasteiger partial charge >= 0.3 is 0 Å². The lowest BCUT2D eigenvalue weighted by Crippen LogP contribution is -2.10. The van der Waals surface area contributed by atoms with Crippen LogP contribution in [0, 0.1) is 0 Å². The molecule has 0 saturated heterocycles. The van der Waals surface area contributed by atoms with Crippen LogP contribution in [-0.4, -0.2) is 0 Å². The van der Waals surface area contributed by atoms with Gasteiger partial charge in [-0.25, -0.2) is 0 Å². The number of benzene rings is 7. The monoisotopic (exact) mass is 537 g/mol. The molecule has 0 spiro atoms. The van der Waals surface area contributed by atoms with E-state index in [1.54, 1.807) is 0 Å². The minimum atomic E-state index is 0.893. The minimum Gasteiger partial charge on any atom is -0.456 e. The average Bonchev–Trinajstić information content (AvgIpc) is 3.44. The molecule has 0 aliphatic carbocycles. The van der Waals surface area contributed by atoms with Crippen molar-refractivity contribution in [1.29, 1.82) is 0 Å². The van der Waals surface area contributed by atoms with Crippen LogP contribution in [0.4, 0.5) is 17.1 Å². The van der Waals surface area contributed by atoms with Crippen LogP contribution < -0.4 is 4.90 Å². The number of hydrogen-bond donors (Lipinski definition) is 0. The van der Waals surface area contributed by atoms with E-state index in [0.717, 1.165) is 39.0 Å². The Labute approximate surface area is 244 Å². The fraction of sp³-hybridized carbons (Fsp3) is 0. The summed E-state index contributed by atoms with van der Waals surface area (Å²) in [5, 5.41) is 4.72. The number of nitrogens with zero attached hydrogens (tertiary/aromatic N) is 1. The maximum atomic E-state index is 6.16. The van der Waals surface area contributed by atoms with E-state index < -0.39 is 0 Å². The van der Waals surface area contributed by atoms with E-state index in [4.69, 9.17) is 4.42 Å². The lowest BCUT2D eigenvalue weighted by Gasteiger charge is -2.26. The van der Waals surface area contributed by atoms with Crippen LogP contribution in [0.1, 0.15) is 0 Å². The first kappa shape index (κ1) is 24.2. The minimum absolute atomic E-state index is 0.893. The zero-order valence-electron chi connectivity index (χ0n) is 22.9. The van der Waals surface area contributed by atoms with Crippen molar-refractivity contribution in [1.82, 2.24) is 0 Å². The van der Waals surface area contributed by atoms with Gasteiger partial charge in [0.2, 0.25) is 0 Å². The van der Waals surface area contributed by atoms with Crippen LogP contribution >= 0.6 is 0 Å². The Bertz CT molecular complexity index is 2190. The Hall–Kier alpha value is -5.60. The molecule has 8 aromatic rings. The molecule has 0 unspecified atom stereocenters. The van der Waals surface area contributed by atoms with E-state index in [0.29, 0.717) is 0 Å². The summed E-state index contributed by atoms with van der Waals surface area (Å²) in [5.41, 5.74) is 9.85. The van der Waals surface area contributed by atoms with Gasteiger partial charge in [0.1, 0.15) is 11.2 Å². The van der Waals surface area contributed by atoms with Gasteiger partial charge in [0.15, 0.2) is 0 Å². The molecule has 0 fully saturated rings. The Balaban J connectivity index is 1.28. The predicted octanol–water partition coefficient (Wildman–Crippen LogP) is 11.5. The lowest BCUT2D eigenvalue weighted by atomic mass is 10.00. The molecule has 0 atom stereocenters. The van der Waals surface area contributed by atoms with Gasteiger partial charge < -0.3 is 9.32 Å². The van der Waals surface area contributed by atoms with E-state index in [1.165, 1.54) is 33.0 Å². The van der Waals surface area contributed by atoms with Crippen LogP contribution in [-0.2, 0) is 0 Å². The van der Waals surface area contributed by atoms with Crippen LogP contribution in [0.3, 0.4) is 0 Å². The quantitative estimate of drug-likeness (QED) is 0.217. The summed E-state index contributed by atoms with van der Waals surface area (Å²) in [4.78, 5) is 2.33. The van der Waals surface area contributed by atoms with Crippen molar-refractivity contribution in [2.45, 2.75) is 0 Å². The Morgan fingerprint density at radius 2 is 0.952 bits per heavy atom. The molecule has 1 heterocycles. The highest BCUT2D eigenvalue weighted by atomic mass is 16.3. The molecule has 0 amide bonds. The molecule has 198 valence electrons. The van der Waals surface area contributed by atoms with Gasteiger partial charge in [-0.2, -0.15) is 0 Å². The zero-order chi connectivity index (χ0) is 27.9. The Kier molecular flexibility index (Phi) is 5.82. The van der Waals surface area contributed by atoms with Crippen molar-refractivity contribution >= 4 is 49.8 Å². The summed E-state index contributed by atoms with van der Waals surface area (Å²) in [6.07, 6.45) is 0. The summed E-state index contributed by atoms with van der Waals surface area (Å²) in [6.45, 7) is 0. The Morgan fingerprint density at radius 1 is 0.333 bits per heavy atom. The molecule has 2 nitrogen and oxygen atoms in total. The highest BCUT2D eigenvalue weighted by molar-refractivity contribution is 6.06. The molecule has 2 heteroatoms. The maximum Gasteiger partial charge on any atom is 0.135 e. The molecule has 0 saturated carbocycles. The number of fused-ring (bicyclic) bond motifs is 4. The van der Waals surface area contributed by atoms with E-state index in [2.05, 4.69) is 157 Å². The standard InChI is InChI=1S/C40H27NO/c1-2-9-28(10-3-1)30-19-21-34(22-20-30)41(36-23-24-40-38(27-36)37-15-6-7-16-39(37)42-40)35-14-8-13-32(26-35)33-18-17-29-11-4-5-12-31(29)25-33/h1-27H. The van der Waals surface area contributed by atoms with E-state index >= 15 is 0 Å². The van der Waals surface area contributed by atoms with Gasteiger partial charge in [-0.3, -0.25) is 0 Å². The third-order valence-corrected chi connectivity index (χ3v) is 8.04. The number of hydrogen-bond acceptors (Lipinski definition) is 2. The molecule has 0 aliphatic rings. The van der Waals surface area contributed by atoms with Crippen molar-refractivity contribution in [3.63, 3.8) is 0 Å². The molecule has 7 aromatic carbocycles. The third kappa shape index (κ3) is 4.31. The molecular formula is C40H27NO. The molecule has 0 radical (unpaired) electrons. The first-order valence-corrected chi connectivity index (χ1v) is 14.3. The second-order valence-corrected chi connectivity index (χ2v) is 10.6. The second kappa shape index (κ2) is 10.1. The summed E-state index contributed by atoms with van der Waals surface area (Å²) in [6, 6.07) is 58.1. The number of anilines is 3. The lowest BCUT2D eigenvalue weighted by molar-refractivity contribution is 0.669. The third-order valence-electron chi connectivity index (χ3n) is 8.04. The largest absolute Gasteiger partial charge is 0.456 e. The summed E-state index contributed by atoms with van der Waals surface area (Å²) in [7, 11) is 0. The average molecular weight is 538 g/mol. The van der Waals surface area contributed by atoms with Crippen LogP contribution in [0.5, 0.6) is 0 Å². The van der Waals surface area contributed by atoms with Gasteiger partial charge in [-0.15, -0.1) is 0 Å². The van der Waals surface area contributed by atoms with Gasteiger partial charge in [-0.1, -0.05) is 109 Å². The predicted molar refractivity (Wildman–Crippen MR) is 177 cm³/mol. The van der Waals surface area contributed by atoms with Crippen molar-refractivity contribution in [3.8, 4) is 22.3 Å². The van der Waals surface area contributed by atoms with Gasteiger partial charge in [0.05, 0.1) is 0 Å². The summed E-state index contributed by atoms with van der Waals surface area (Å²) in [5.74, 6) is 0.